The van der Waals surface area contributed by atoms with Crippen molar-refractivity contribution in [2.24, 2.45) is 0 Å². The molecule has 3 N–H and O–H groups in total. The first kappa shape index (κ1) is 18.2. The number of nitrogens with one attached hydrogen (secondary N) is 2. The molecule has 0 bridgehead atoms. The van der Waals surface area contributed by atoms with Crippen molar-refractivity contribution in [3.05, 3.63) is 72.3 Å². The molecule has 0 fully saturated rings. The first-order chi connectivity index (χ1) is 13.0. The molecule has 7 nitrogen and oxygen atoms in total. The highest BCUT2D eigenvalue weighted by Crippen LogP contribution is 2.29. The normalized spacial score (nSPS) is 10.4. The largest absolute Gasteiger partial charge is 0.480 e. The molecule has 0 saturated carbocycles. The maximum atomic E-state index is 12.5. The summed E-state index contributed by atoms with van der Waals surface area (Å²) in [6.07, 6.45) is 3.40. The lowest BCUT2D eigenvalue weighted by atomic mass is 9.98. The van der Waals surface area contributed by atoms with Gasteiger partial charge in [0.25, 0.3) is 5.91 Å². The fourth-order valence-corrected chi connectivity index (χ4v) is 2.79. The number of H-pyrrole nitrogens is 1. The monoisotopic (exact) mass is 364 g/mol. The summed E-state index contributed by atoms with van der Waals surface area (Å²) in [7, 11) is 1.95. The van der Waals surface area contributed by atoms with Crippen LogP contribution in [0.3, 0.4) is 0 Å². The summed E-state index contributed by atoms with van der Waals surface area (Å²) in [5.74, 6) is -1.50. The zero-order valence-corrected chi connectivity index (χ0v) is 14.8. The molecule has 0 aliphatic carbocycles. The molecule has 1 aromatic heterocycles. The second-order valence-electron chi connectivity index (χ2n) is 6.11. The molecule has 0 saturated heterocycles. The van der Waals surface area contributed by atoms with E-state index >= 15 is 0 Å². The van der Waals surface area contributed by atoms with Crippen molar-refractivity contribution in [1.82, 2.24) is 15.3 Å². The van der Waals surface area contributed by atoms with Crippen molar-refractivity contribution in [2.45, 2.75) is 6.54 Å². The minimum absolute atomic E-state index is 0.418. The molecule has 0 aliphatic heterocycles. The minimum atomic E-state index is -1.08. The number of aliphatic carboxylic acids is 1. The van der Waals surface area contributed by atoms with E-state index in [-0.39, 0.29) is 0 Å². The number of hydrogen-bond acceptors (Lipinski definition) is 4. The molecule has 0 radical (unpaired) electrons. The number of rotatable bonds is 7. The molecule has 138 valence electrons. The Morgan fingerprint density at radius 3 is 2.63 bits per heavy atom. The molecule has 7 heteroatoms. The molecule has 3 rings (SSSR count). The van der Waals surface area contributed by atoms with Crippen molar-refractivity contribution in [3.8, 4) is 11.1 Å². The predicted molar refractivity (Wildman–Crippen MR) is 103 cm³/mol. The summed E-state index contributed by atoms with van der Waals surface area (Å²) in [6, 6.07) is 15.0. The van der Waals surface area contributed by atoms with Crippen molar-refractivity contribution in [3.63, 3.8) is 0 Å². The van der Waals surface area contributed by atoms with Gasteiger partial charge in [-0.3, -0.25) is 9.59 Å². The Hall–Kier alpha value is -3.61. The Bertz CT molecular complexity index is 924. The number of aromatic amines is 1. The third-order valence-electron chi connectivity index (χ3n) is 4.14. The second kappa shape index (κ2) is 8.18. The van der Waals surface area contributed by atoms with Gasteiger partial charge in [0.15, 0.2) is 0 Å². The van der Waals surface area contributed by atoms with Crippen LogP contribution in [0.2, 0.25) is 0 Å². The van der Waals surface area contributed by atoms with Crippen LogP contribution in [0.5, 0.6) is 0 Å². The van der Waals surface area contributed by atoms with Gasteiger partial charge in [0.2, 0.25) is 0 Å². The zero-order valence-electron chi connectivity index (χ0n) is 14.8. The van der Waals surface area contributed by atoms with Gasteiger partial charge in [-0.25, -0.2) is 4.98 Å². The standard InChI is InChI=1S/C20H20N4O3/c1-24(12-15-10-21-13-23-15)16-7-8-17(20(27)22-11-19(25)26)18(9-16)14-5-3-2-4-6-14/h2-10,13H,11-12H2,1H3,(H,21,23)(H,22,27)(H,25,26). The number of carbonyl (C=O) groups is 2. The van der Waals surface area contributed by atoms with E-state index in [1.54, 1.807) is 18.6 Å². The molecule has 2 aromatic carbocycles. The number of hydrogen-bond donors (Lipinski definition) is 3. The second-order valence-corrected chi connectivity index (χ2v) is 6.11. The van der Waals surface area contributed by atoms with Crippen LogP contribution in [-0.4, -0.2) is 40.5 Å². The van der Waals surface area contributed by atoms with Crippen LogP contribution in [0, 0.1) is 0 Å². The molecule has 3 aromatic rings. The van der Waals surface area contributed by atoms with Gasteiger partial charge in [-0.05, 0) is 29.3 Å². The Morgan fingerprint density at radius 1 is 1.19 bits per heavy atom. The maximum Gasteiger partial charge on any atom is 0.322 e. The summed E-state index contributed by atoms with van der Waals surface area (Å²) >= 11 is 0. The summed E-state index contributed by atoms with van der Waals surface area (Å²) < 4.78 is 0. The van der Waals surface area contributed by atoms with E-state index < -0.39 is 18.4 Å². The number of amides is 1. The Kier molecular flexibility index (Phi) is 5.51. The number of carboxylic acid groups (broad SMARTS) is 1. The smallest absolute Gasteiger partial charge is 0.322 e. The van der Waals surface area contributed by atoms with Crippen LogP contribution in [0.4, 0.5) is 5.69 Å². The number of anilines is 1. The van der Waals surface area contributed by atoms with Crippen LogP contribution < -0.4 is 10.2 Å². The van der Waals surface area contributed by atoms with Crippen LogP contribution in [-0.2, 0) is 11.3 Å². The van der Waals surface area contributed by atoms with Gasteiger partial charge < -0.3 is 20.3 Å². The minimum Gasteiger partial charge on any atom is -0.480 e. The topological polar surface area (TPSA) is 98.3 Å². The van der Waals surface area contributed by atoms with E-state index in [0.29, 0.717) is 12.1 Å². The van der Waals surface area contributed by atoms with Gasteiger partial charge in [0.05, 0.1) is 18.6 Å². The number of imidazole rings is 1. The number of carbonyl (C=O) groups excluding carboxylic acids is 1. The third-order valence-corrected chi connectivity index (χ3v) is 4.14. The van der Waals surface area contributed by atoms with Gasteiger partial charge >= 0.3 is 5.97 Å². The molecule has 0 spiro atoms. The van der Waals surface area contributed by atoms with Gasteiger partial charge in [-0.15, -0.1) is 0 Å². The van der Waals surface area contributed by atoms with Crippen molar-refractivity contribution >= 4 is 17.6 Å². The average Bonchev–Trinajstić information content (AvgIpc) is 3.19. The van der Waals surface area contributed by atoms with Gasteiger partial charge in [-0.1, -0.05) is 30.3 Å². The van der Waals surface area contributed by atoms with Crippen molar-refractivity contribution in [2.75, 3.05) is 18.5 Å². The fraction of sp³-hybridized carbons (Fsp3) is 0.150. The zero-order chi connectivity index (χ0) is 19.2. The van der Waals surface area contributed by atoms with Crippen LogP contribution in [0.1, 0.15) is 16.1 Å². The van der Waals surface area contributed by atoms with Crippen LogP contribution >= 0.6 is 0 Å². The lowest BCUT2D eigenvalue weighted by molar-refractivity contribution is -0.135. The van der Waals surface area contributed by atoms with Gasteiger partial charge in [0, 0.05) is 24.5 Å². The van der Waals surface area contributed by atoms with E-state index in [2.05, 4.69) is 15.3 Å². The lowest BCUT2D eigenvalue weighted by Gasteiger charge is -2.20. The number of aromatic nitrogens is 2. The molecule has 0 aliphatic rings. The Labute approximate surface area is 156 Å². The number of nitrogens with zero attached hydrogens (tertiary/aromatic N) is 2. The predicted octanol–water partition coefficient (Wildman–Crippen LogP) is 2.53. The number of benzene rings is 2. The van der Waals surface area contributed by atoms with Crippen molar-refractivity contribution < 1.29 is 14.7 Å². The highest BCUT2D eigenvalue weighted by Gasteiger charge is 2.16. The van der Waals surface area contributed by atoms with Gasteiger partial charge in [-0.2, -0.15) is 0 Å². The first-order valence-electron chi connectivity index (χ1n) is 8.42. The molecule has 1 amide bonds. The molecule has 1 heterocycles. The highest BCUT2D eigenvalue weighted by atomic mass is 16.4. The maximum absolute atomic E-state index is 12.5. The molecule has 27 heavy (non-hydrogen) atoms. The Balaban J connectivity index is 1.94. The van der Waals surface area contributed by atoms with Crippen molar-refractivity contribution in [1.29, 1.82) is 0 Å². The summed E-state index contributed by atoms with van der Waals surface area (Å²) in [6.45, 7) is 0.216. The SMILES string of the molecule is CN(Cc1cnc[nH]1)c1ccc(C(=O)NCC(=O)O)c(-c2ccccc2)c1. The molecular weight excluding hydrogens is 344 g/mol. The van der Waals surface area contributed by atoms with E-state index in [0.717, 1.165) is 22.5 Å². The summed E-state index contributed by atoms with van der Waals surface area (Å²) in [4.78, 5) is 32.4. The first-order valence-corrected chi connectivity index (χ1v) is 8.42. The van der Waals surface area contributed by atoms with Crippen LogP contribution in [0.25, 0.3) is 11.1 Å². The van der Waals surface area contributed by atoms with E-state index in [1.165, 1.54) is 0 Å². The van der Waals surface area contributed by atoms with E-state index in [4.69, 9.17) is 5.11 Å². The molecule has 0 atom stereocenters. The lowest BCUT2D eigenvalue weighted by Crippen LogP contribution is -2.29. The summed E-state index contributed by atoms with van der Waals surface area (Å²) in [5.41, 5.74) is 3.96. The fourth-order valence-electron chi connectivity index (χ4n) is 2.79. The third kappa shape index (κ3) is 4.52. The quantitative estimate of drug-likeness (QED) is 0.598. The van der Waals surface area contributed by atoms with Gasteiger partial charge in [0.1, 0.15) is 6.54 Å². The number of carboxylic acids is 1. The van der Waals surface area contributed by atoms with E-state index in [9.17, 15) is 9.59 Å². The highest BCUT2D eigenvalue weighted by molar-refractivity contribution is 6.02. The molecule has 0 unspecified atom stereocenters. The van der Waals surface area contributed by atoms with E-state index in [1.807, 2.05) is 54.4 Å². The Morgan fingerprint density at radius 2 is 1.96 bits per heavy atom. The van der Waals surface area contributed by atoms with Crippen LogP contribution in [0.15, 0.2) is 61.1 Å². The average molecular weight is 364 g/mol. The molecular formula is C20H20N4O3. The summed E-state index contributed by atoms with van der Waals surface area (Å²) in [5, 5.41) is 11.2.